The number of rotatable bonds is 8. The normalized spacial score (nSPS) is 11.6. The van der Waals surface area contributed by atoms with Gasteiger partial charge in [-0.3, -0.25) is 0 Å². The van der Waals surface area contributed by atoms with Crippen molar-refractivity contribution in [2.24, 2.45) is 0 Å². The van der Waals surface area contributed by atoms with E-state index >= 15 is 0 Å². The highest BCUT2D eigenvalue weighted by Gasteiger charge is 2.12. The Labute approximate surface area is 123 Å². The van der Waals surface area contributed by atoms with Crippen molar-refractivity contribution >= 4 is 11.0 Å². The van der Waals surface area contributed by atoms with Gasteiger partial charge < -0.3 is 4.57 Å². The molecule has 0 unspecified atom stereocenters. The summed E-state index contributed by atoms with van der Waals surface area (Å²) in [6, 6.07) is 8.52. The molecule has 1 heterocycles. The molecule has 0 radical (unpaired) electrons. The predicted molar refractivity (Wildman–Crippen MR) is 87.2 cm³/mol. The molecule has 0 aliphatic rings. The zero-order chi connectivity index (χ0) is 14.4. The van der Waals surface area contributed by atoms with Crippen LogP contribution in [-0.2, 0) is 6.54 Å². The maximum absolute atomic E-state index is 4.80. The van der Waals surface area contributed by atoms with Crippen molar-refractivity contribution in [3.05, 3.63) is 30.1 Å². The summed E-state index contributed by atoms with van der Waals surface area (Å²) in [6.45, 7) is 7.85. The van der Waals surface area contributed by atoms with Gasteiger partial charge >= 0.3 is 0 Å². The molecule has 2 heteroatoms. The van der Waals surface area contributed by atoms with Gasteiger partial charge in [0.2, 0.25) is 0 Å². The molecule has 0 saturated carbocycles. The minimum absolute atomic E-state index is 0.488. The molecule has 1 aromatic carbocycles. The highest BCUT2D eigenvalue weighted by molar-refractivity contribution is 5.76. The predicted octanol–water partition coefficient (Wildman–Crippen LogP) is 5.52. The average Bonchev–Trinajstić information content (AvgIpc) is 2.82. The molecule has 2 aromatic rings. The van der Waals surface area contributed by atoms with E-state index in [0.29, 0.717) is 5.92 Å². The Morgan fingerprint density at radius 2 is 1.70 bits per heavy atom. The molecule has 0 amide bonds. The quantitative estimate of drug-likeness (QED) is 0.578. The summed E-state index contributed by atoms with van der Waals surface area (Å²) in [4.78, 5) is 4.80. The van der Waals surface area contributed by atoms with Crippen LogP contribution in [-0.4, -0.2) is 9.55 Å². The van der Waals surface area contributed by atoms with Gasteiger partial charge in [-0.25, -0.2) is 4.98 Å². The molecular weight excluding hydrogens is 244 g/mol. The lowest BCUT2D eigenvalue weighted by molar-refractivity contribution is 0.545. The van der Waals surface area contributed by atoms with Gasteiger partial charge in [-0.15, -0.1) is 0 Å². The number of aryl methyl sites for hydroxylation is 1. The van der Waals surface area contributed by atoms with Gasteiger partial charge in [0.05, 0.1) is 11.0 Å². The van der Waals surface area contributed by atoms with E-state index in [2.05, 4.69) is 49.6 Å². The second-order valence-corrected chi connectivity index (χ2v) is 6.03. The third kappa shape index (κ3) is 3.62. The molecule has 110 valence electrons. The van der Waals surface area contributed by atoms with E-state index in [-0.39, 0.29) is 0 Å². The molecule has 0 aliphatic heterocycles. The molecule has 2 nitrogen and oxygen atoms in total. The highest BCUT2D eigenvalue weighted by atomic mass is 15.1. The van der Waals surface area contributed by atoms with E-state index < -0.39 is 0 Å². The minimum Gasteiger partial charge on any atom is -0.328 e. The topological polar surface area (TPSA) is 17.8 Å². The molecule has 0 saturated heterocycles. The number of para-hydroxylation sites is 2. The molecule has 20 heavy (non-hydrogen) atoms. The van der Waals surface area contributed by atoms with Crippen molar-refractivity contribution in [3.63, 3.8) is 0 Å². The molecule has 0 atom stereocenters. The largest absolute Gasteiger partial charge is 0.328 e. The van der Waals surface area contributed by atoms with Gasteiger partial charge in [0, 0.05) is 12.5 Å². The Morgan fingerprint density at radius 3 is 2.45 bits per heavy atom. The summed E-state index contributed by atoms with van der Waals surface area (Å²) < 4.78 is 2.43. The first-order chi connectivity index (χ1) is 9.74. The maximum atomic E-state index is 4.80. The van der Waals surface area contributed by atoms with Gasteiger partial charge in [-0.05, 0) is 18.6 Å². The number of unbranched alkanes of at least 4 members (excludes halogenated alkanes) is 5. The lowest BCUT2D eigenvalue weighted by atomic mass is 10.1. The SMILES string of the molecule is CCCCCCCCn1c(C(C)C)nc2ccccc21. The summed E-state index contributed by atoms with van der Waals surface area (Å²) >= 11 is 0. The molecule has 0 bridgehead atoms. The van der Waals surface area contributed by atoms with Gasteiger partial charge in [-0.1, -0.05) is 65.0 Å². The van der Waals surface area contributed by atoms with Crippen LogP contribution in [0.1, 0.15) is 71.0 Å². The maximum Gasteiger partial charge on any atom is 0.112 e. The van der Waals surface area contributed by atoms with Crippen LogP contribution in [0.4, 0.5) is 0 Å². The summed E-state index contributed by atoms with van der Waals surface area (Å²) in [5.74, 6) is 1.72. The Bertz CT molecular complexity index is 525. The van der Waals surface area contributed by atoms with E-state index in [1.807, 2.05) is 0 Å². The Hall–Kier alpha value is -1.31. The number of benzene rings is 1. The number of aromatic nitrogens is 2. The second-order valence-electron chi connectivity index (χ2n) is 6.03. The highest BCUT2D eigenvalue weighted by Crippen LogP contribution is 2.22. The Balaban J connectivity index is 2.02. The van der Waals surface area contributed by atoms with Crippen molar-refractivity contribution in [1.82, 2.24) is 9.55 Å². The van der Waals surface area contributed by atoms with Crippen LogP contribution in [0.15, 0.2) is 24.3 Å². The fraction of sp³-hybridized carbons (Fsp3) is 0.611. The standard InChI is InChI=1S/C18H28N2/c1-4-5-6-7-8-11-14-20-17-13-10-9-12-16(17)19-18(20)15(2)3/h9-10,12-13,15H,4-8,11,14H2,1-3H3. The molecule has 0 spiro atoms. The van der Waals surface area contributed by atoms with Crippen LogP contribution in [0.3, 0.4) is 0 Å². The molecule has 2 rings (SSSR count). The molecule has 0 N–H and O–H groups in total. The van der Waals surface area contributed by atoms with E-state index in [1.165, 1.54) is 49.9 Å². The smallest absolute Gasteiger partial charge is 0.112 e. The van der Waals surface area contributed by atoms with Crippen LogP contribution >= 0.6 is 0 Å². The number of nitrogens with zero attached hydrogens (tertiary/aromatic N) is 2. The first-order valence-corrected chi connectivity index (χ1v) is 8.19. The average molecular weight is 272 g/mol. The van der Waals surface area contributed by atoms with Crippen LogP contribution in [0.5, 0.6) is 0 Å². The molecule has 0 aliphatic carbocycles. The lowest BCUT2D eigenvalue weighted by Gasteiger charge is -2.11. The summed E-state index contributed by atoms with van der Waals surface area (Å²) in [7, 11) is 0. The summed E-state index contributed by atoms with van der Waals surface area (Å²) in [6.07, 6.45) is 8.07. The van der Waals surface area contributed by atoms with E-state index in [4.69, 9.17) is 4.98 Å². The number of hydrogen-bond donors (Lipinski definition) is 0. The van der Waals surface area contributed by atoms with Crippen LogP contribution in [0.2, 0.25) is 0 Å². The van der Waals surface area contributed by atoms with Crippen LogP contribution in [0, 0.1) is 0 Å². The van der Waals surface area contributed by atoms with E-state index in [9.17, 15) is 0 Å². The van der Waals surface area contributed by atoms with Crippen molar-refractivity contribution in [1.29, 1.82) is 0 Å². The minimum atomic E-state index is 0.488. The van der Waals surface area contributed by atoms with Gasteiger partial charge in [0.25, 0.3) is 0 Å². The van der Waals surface area contributed by atoms with Gasteiger partial charge in [0.1, 0.15) is 5.82 Å². The fourth-order valence-corrected chi connectivity index (χ4v) is 2.82. The second kappa shape index (κ2) is 7.47. The van der Waals surface area contributed by atoms with Crippen molar-refractivity contribution < 1.29 is 0 Å². The van der Waals surface area contributed by atoms with Crippen molar-refractivity contribution in [2.45, 2.75) is 71.8 Å². The van der Waals surface area contributed by atoms with Crippen LogP contribution < -0.4 is 0 Å². The Morgan fingerprint density at radius 1 is 1.00 bits per heavy atom. The van der Waals surface area contributed by atoms with Gasteiger partial charge in [-0.2, -0.15) is 0 Å². The number of hydrogen-bond acceptors (Lipinski definition) is 1. The fourth-order valence-electron chi connectivity index (χ4n) is 2.82. The van der Waals surface area contributed by atoms with E-state index in [1.54, 1.807) is 0 Å². The monoisotopic (exact) mass is 272 g/mol. The van der Waals surface area contributed by atoms with Gasteiger partial charge in [0.15, 0.2) is 0 Å². The molecule has 0 fully saturated rings. The third-order valence-corrected chi connectivity index (χ3v) is 3.94. The number of fused-ring (bicyclic) bond motifs is 1. The first-order valence-electron chi connectivity index (χ1n) is 8.19. The van der Waals surface area contributed by atoms with Crippen molar-refractivity contribution in [3.8, 4) is 0 Å². The first kappa shape index (κ1) is 15.1. The summed E-state index contributed by atoms with van der Waals surface area (Å²) in [5, 5.41) is 0. The Kier molecular flexibility index (Phi) is 5.63. The zero-order valence-corrected chi connectivity index (χ0v) is 13.2. The zero-order valence-electron chi connectivity index (χ0n) is 13.2. The summed E-state index contributed by atoms with van der Waals surface area (Å²) in [5.41, 5.74) is 2.44. The molecule has 1 aromatic heterocycles. The van der Waals surface area contributed by atoms with E-state index in [0.717, 1.165) is 12.1 Å². The molecular formula is C18H28N2. The number of imidazole rings is 1. The van der Waals surface area contributed by atoms with Crippen LogP contribution in [0.25, 0.3) is 11.0 Å². The lowest BCUT2D eigenvalue weighted by Crippen LogP contribution is -2.05. The van der Waals surface area contributed by atoms with Crippen molar-refractivity contribution in [2.75, 3.05) is 0 Å². The third-order valence-electron chi connectivity index (χ3n) is 3.94.